The summed E-state index contributed by atoms with van der Waals surface area (Å²) in [7, 11) is -3.52. The molecule has 19 heavy (non-hydrogen) atoms. The second kappa shape index (κ2) is 6.15. The van der Waals surface area contributed by atoms with Crippen molar-refractivity contribution in [2.45, 2.75) is 37.5 Å². The third-order valence-corrected chi connectivity index (χ3v) is 5.18. The van der Waals surface area contributed by atoms with Crippen LogP contribution in [0.25, 0.3) is 0 Å². The number of rotatable bonds is 4. The van der Waals surface area contributed by atoms with E-state index in [1.165, 1.54) is 25.2 Å². The number of aromatic nitrogens is 2. The number of hydrogen-bond donors (Lipinski definition) is 1. The maximum atomic E-state index is 12.0. The van der Waals surface area contributed by atoms with Gasteiger partial charge in [-0.25, -0.2) is 23.1 Å². The zero-order valence-electron chi connectivity index (χ0n) is 10.8. The molecule has 1 aromatic heterocycles. The van der Waals surface area contributed by atoms with E-state index in [2.05, 4.69) is 21.6 Å². The van der Waals surface area contributed by atoms with Gasteiger partial charge in [0, 0.05) is 6.54 Å². The van der Waals surface area contributed by atoms with Gasteiger partial charge < -0.3 is 0 Å². The molecule has 0 aliphatic heterocycles. The molecule has 0 saturated heterocycles. The van der Waals surface area contributed by atoms with E-state index in [0.29, 0.717) is 12.5 Å². The summed E-state index contributed by atoms with van der Waals surface area (Å²) in [6, 6.07) is 0. The molecular weight excluding hydrogens is 286 g/mol. The molecule has 1 aromatic rings. The predicted molar refractivity (Wildman–Crippen MR) is 73.4 cm³/mol. The van der Waals surface area contributed by atoms with Crippen LogP contribution in [-0.4, -0.2) is 24.9 Å². The Kier molecular flexibility index (Phi) is 4.76. The van der Waals surface area contributed by atoms with Crippen molar-refractivity contribution >= 4 is 21.6 Å². The summed E-state index contributed by atoms with van der Waals surface area (Å²) in [6.45, 7) is 2.73. The molecule has 0 amide bonds. The van der Waals surface area contributed by atoms with Crippen LogP contribution < -0.4 is 4.72 Å². The van der Waals surface area contributed by atoms with Gasteiger partial charge in [-0.15, -0.1) is 0 Å². The molecule has 1 heterocycles. The molecule has 0 bridgehead atoms. The van der Waals surface area contributed by atoms with Crippen molar-refractivity contribution in [3.63, 3.8) is 0 Å². The maximum Gasteiger partial charge on any atom is 0.243 e. The lowest BCUT2D eigenvalue weighted by molar-refractivity contribution is 0.290. The first kappa shape index (κ1) is 14.7. The molecule has 0 atom stereocenters. The molecule has 0 aromatic carbocycles. The van der Waals surface area contributed by atoms with Gasteiger partial charge in [0.1, 0.15) is 4.90 Å². The summed E-state index contributed by atoms with van der Waals surface area (Å²) in [5, 5.41) is 0.0419. The average molecular weight is 304 g/mol. The lowest BCUT2D eigenvalue weighted by atomic mass is 9.83. The summed E-state index contributed by atoms with van der Waals surface area (Å²) in [4.78, 5) is 7.43. The van der Waals surface area contributed by atoms with Gasteiger partial charge in [-0.2, -0.15) is 0 Å². The molecule has 1 N–H and O–H groups in total. The first-order valence-electron chi connectivity index (χ1n) is 6.44. The second-order valence-electron chi connectivity index (χ2n) is 5.17. The normalized spacial score (nSPS) is 24.3. The van der Waals surface area contributed by atoms with Crippen LogP contribution >= 0.6 is 11.6 Å². The van der Waals surface area contributed by atoms with Crippen LogP contribution in [0.1, 0.15) is 32.6 Å². The molecule has 7 heteroatoms. The first-order chi connectivity index (χ1) is 8.97. The van der Waals surface area contributed by atoms with Gasteiger partial charge in [-0.1, -0.05) is 19.8 Å². The highest BCUT2D eigenvalue weighted by Crippen LogP contribution is 2.27. The molecule has 1 saturated carbocycles. The Bertz CT molecular complexity index is 510. The van der Waals surface area contributed by atoms with Crippen molar-refractivity contribution in [2.24, 2.45) is 11.8 Å². The van der Waals surface area contributed by atoms with E-state index in [1.807, 2.05) is 0 Å². The van der Waals surface area contributed by atoms with Crippen LogP contribution in [0.5, 0.6) is 0 Å². The highest BCUT2D eigenvalue weighted by atomic mass is 35.5. The van der Waals surface area contributed by atoms with Gasteiger partial charge in [0.25, 0.3) is 0 Å². The van der Waals surface area contributed by atoms with Gasteiger partial charge in [-0.05, 0) is 36.3 Å². The molecule has 2 rings (SSSR count). The van der Waals surface area contributed by atoms with Crippen LogP contribution in [0.3, 0.4) is 0 Å². The number of sulfonamides is 1. The Morgan fingerprint density at radius 2 is 1.84 bits per heavy atom. The molecule has 0 spiro atoms. The minimum Gasteiger partial charge on any atom is -0.225 e. The van der Waals surface area contributed by atoms with Crippen LogP contribution in [0.15, 0.2) is 17.3 Å². The van der Waals surface area contributed by atoms with E-state index in [0.717, 1.165) is 18.8 Å². The van der Waals surface area contributed by atoms with Gasteiger partial charge in [0.15, 0.2) is 0 Å². The maximum absolute atomic E-state index is 12.0. The lowest BCUT2D eigenvalue weighted by Crippen LogP contribution is -2.31. The van der Waals surface area contributed by atoms with Crippen LogP contribution in [0, 0.1) is 11.8 Å². The number of nitrogens with zero attached hydrogens (tertiary/aromatic N) is 2. The van der Waals surface area contributed by atoms with Gasteiger partial charge in [0.05, 0.1) is 12.4 Å². The highest BCUT2D eigenvalue weighted by Gasteiger charge is 2.21. The van der Waals surface area contributed by atoms with Crippen molar-refractivity contribution in [1.29, 1.82) is 0 Å². The van der Waals surface area contributed by atoms with Gasteiger partial charge >= 0.3 is 0 Å². The fourth-order valence-corrected chi connectivity index (χ4v) is 3.39. The van der Waals surface area contributed by atoms with E-state index < -0.39 is 10.0 Å². The average Bonchev–Trinajstić information content (AvgIpc) is 2.39. The zero-order valence-corrected chi connectivity index (χ0v) is 12.4. The smallest absolute Gasteiger partial charge is 0.225 e. The molecule has 5 nitrogen and oxygen atoms in total. The van der Waals surface area contributed by atoms with E-state index in [9.17, 15) is 8.42 Å². The predicted octanol–water partition coefficient (Wildman–Crippen LogP) is 2.23. The third kappa shape index (κ3) is 4.12. The Morgan fingerprint density at radius 1 is 1.26 bits per heavy atom. The Hall–Kier alpha value is -0.720. The number of hydrogen-bond acceptors (Lipinski definition) is 4. The quantitative estimate of drug-likeness (QED) is 0.866. The molecule has 1 aliphatic carbocycles. The summed E-state index contributed by atoms with van der Waals surface area (Å²) in [5.41, 5.74) is 0. The monoisotopic (exact) mass is 303 g/mol. The van der Waals surface area contributed by atoms with Gasteiger partial charge in [-0.3, -0.25) is 0 Å². The van der Waals surface area contributed by atoms with Crippen LogP contribution in [0.2, 0.25) is 5.28 Å². The minimum atomic E-state index is -3.52. The van der Waals surface area contributed by atoms with Crippen molar-refractivity contribution in [3.8, 4) is 0 Å². The number of nitrogens with one attached hydrogen (secondary N) is 1. The molecule has 0 radical (unpaired) electrons. The topological polar surface area (TPSA) is 72.0 Å². The van der Waals surface area contributed by atoms with Crippen molar-refractivity contribution < 1.29 is 8.42 Å². The van der Waals surface area contributed by atoms with Crippen molar-refractivity contribution in [2.75, 3.05) is 6.54 Å². The molecule has 0 unspecified atom stereocenters. The number of halogens is 1. The Balaban J connectivity index is 1.92. The Labute approximate surface area is 118 Å². The van der Waals surface area contributed by atoms with E-state index in [1.54, 1.807) is 0 Å². The fourth-order valence-electron chi connectivity index (χ4n) is 2.28. The van der Waals surface area contributed by atoms with Crippen molar-refractivity contribution in [1.82, 2.24) is 14.7 Å². The summed E-state index contributed by atoms with van der Waals surface area (Å²) in [6.07, 6.45) is 6.97. The SMILES string of the molecule is CC1CCC(CNS(=O)(=O)c2cnc(Cl)nc2)CC1. The largest absolute Gasteiger partial charge is 0.243 e. The first-order valence-corrected chi connectivity index (χ1v) is 8.30. The summed E-state index contributed by atoms with van der Waals surface area (Å²) >= 11 is 5.54. The van der Waals surface area contributed by atoms with Crippen LogP contribution in [0.4, 0.5) is 0 Å². The summed E-state index contributed by atoms with van der Waals surface area (Å²) < 4.78 is 26.7. The van der Waals surface area contributed by atoms with E-state index >= 15 is 0 Å². The van der Waals surface area contributed by atoms with E-state index in [4.69, 9.17) is 11.6 Å². The molecule has 1 aliphatic rings. The Morgan fingerprint density at radius 3 is 2.42 bits per heavy atom. The van der Waals surface area contributed by atoms with Crippen LogP contribution in [-0.2, 0) is 10.0 Å². The third-order valence-electron chi connectivity index (χ3n) is 3.60. The highest BCUT2D eigenvalue weighted by molar-refractivity contribution is 7.89. The van der Waals surface area contributed by atoms with Gasteiger partial charge in [0.2, 0.25) is 15.3 Å². The van der Waals surface area contributed by atoms with Crippen molar-refractivity contribution in [3.05, 3.63) is 17.7 Å². The van der Waals surface area contributed by atoms with E-state index in [-0.39, 0.29) is 10.2 Å². The standard InChI is InChI=1S/C12H18ClN3O2S/c1-9-2-4-10(5-3-9)6-16-19(17,18)11-7-14-12(13)15-8-11/h7-10,16H,2-6H2,1H3. The molecule has 1 fully saturated rings. The lowest BCUT2D eigenvalue weighted by Gasteiger charge is -2.26. The summed E-state index contributed by atoms with van der Waals surface area (Å²) in [5.74, 6) is 1.19. The molecule has 106 valence electrons. The molecular formula is C12H18ClN3O2S. The minimum absolute atomic E-state index is 0.0419. The zero-order chi connectivity index (χ0) is 13.9. The second-order valence-corrected chi connectivity index (χ2v) is 7.27. The fraction of sp³-hybridized carbons (Fsp3) is 0.667.